The van der Waals surface area contributed by atoms with Crippen LogP contribution in [0.25, 0.3) is 17.0 Å². The van der Waals surface area contributed by atoms with E-state index in [9.17, 15) is 14.4 Å². The van der Waals surface area contributed by atoms with Crippen molar-refractivity contribution in [1.29, 1.82) is 0 Å². The van der Waals surface area contributed by atoms with E-state index in [1.807, 2.05) is 54.6 Å². The van der Waals surface area contributed by atoms with Gasteiger partial charge < -0.3 is 9.88 Å². The third kappa shape index (κ3) is 3.92. The summed E-state index contributed by atoms with van der Waals surface area (Å²) in [5, 5.41) is 8.48. The Morgan fingerprint density at radius 1 is 1.00 bits per heavy atom. The summed E-state index contributed by atoms with van der Waals surface area (Å²) >= 11 is 4.82. The number of aromatic nitrogens is 1. The number of nitrogens with zero attached hydrogens (tertiary/aromatic N) is 1. The molecule has 1 aliphatic rings. The smallest absolute Gasteiger partial charge is 0.263 e. The van der Waals surface area contributed by atoms with Crippen LogP contribution >= 0.6 is 12.2 Å². The molecular weight excluding hydrogens is 388 g/mol. The third-order valence-corrected chi connectivity index (χ3v) is 4.64. The van der Waals surface area contributed by atoms with Gasteiger partial charge in [0, 0.05) is 28.4 Å². The summed E-state index contributed by atoms with van der Waals surface area (Å²) in [7, 11) is 0. The topological polar surface area (TPSA) is 92.2 Å². The van der Waals surface area contributed by atoms with Gasteiger partial charge in [-0.15, -0.1) is 0 Å². The quantitative estimate of drug-likeness (QED) is 0.353. The SMILES string of the molecule is O=C(Cn1cc(C=C2C(=O)NC(=S)NC2=O)c2ccccc21)Nc1ccccc1. The molecule has 1 aromatic heterocycles. The summed E-state index contributed by atoms with van der Waals surface area (Å²) in [6.07, 6.45) is 3.25. The van der Waals surface area contributed by atoms with Crippen molar-refractivity contribution in [2.24, 2.45) is 0 Å². The molecule has 7 nitrogen and oxygen atoms in total. The second kappa shape index (κ2) is 7.69. The van der Waals surface area contributed by atoms with Crippen LogP contribution in [0.1, 0.15) is 5.56 Å². The zero-order valence-electron chi connectivity index (χ0n) is 15.1. The van der Waals surface area contributed by atoms with Crippen LogP contribution in [0.15, 0.2) is 66.4 Å². The van der Waals surface area contributed by atoms with Crippen molar-refractivity contribution in [3.05, 3.63) is 71.9 Å². The molecule has 1 fully saturated rings. The van der Waals surface area contributed by atoms with Gasteiger partial charge in [-0.2, -0.15) is 0 Å². The lowest BCUT2D eigenvalue weighted by molar-refractivity contribution is -0.123. The minimum atomic E-state index is -0.558. The fraction of sp³-hybridized carbons (Fsp3) is 0.0476. The van der Waals surface area contributed by atoms with Gasteiger partial charge in [-0.25, -0.2) is 0 Å². The van der Waals surface area contributed by atoms with Gasteiger partial charge in [0.15, 0.2) is 5.11 Å². The summed E-state index contributed by atoms with van der Waals surface area (Å²) in [6, 6.07) is 16.7. The largest absolute Gasteiger partial charge is 0.337 e. The van der Waals surface area contributed by atoms with Gasteiger partial charge in [0.1, 0.15) is 12.1 Å². The van der Waals surface area contributed by atoms with Crippen molar-refractivity contribution in [3.63, 3.8) is 0 Å². The number of hydrogen-bond acceptors (Lipinski definition) is 4. The van der Waals surface area contributed by atoms with Crippen molar-refractivity contribution in [2.75, 3.05) is 5.32 Å². The van der Waals surface area contributed by atoms with Crippen LogP contribution in [0, 0.1) is 0 Å². The maximum atomic E-state index is 12.5. The van der Waals surface area contributed by atoms with Crippen molar-refractivity contribution in [3.8, 4) is 0 Å². The normalized spacial score (nSPS) is 13.8. The molecule has 4 rings (SSSR count). The molecule has 0 saturated carbocycles. The van der Waals surface area contributed by atoms with Gasteiger partial charge in [0.05, 0.1) is 0 Å². The molecule has 2 aromatic carbocycles. The van der Waals surface area contributed by atoms with Crippen LogP contribution < -0.4 is 16.0 Å². The molecule has 0 bridgehead atoms. The highest BCUT2D eigenvalue weighted by Gasteiger charge is 2.26. The second-order valence-corrected chi connectivity index (χ2v) is 6.85. The molecule has 0 radical (unpaired) electrons. The number of carbonyl (C=O) groups excluding carboxylic acids is 3. The van der Waals surface area contributed by atoms with Gasteiger partial charge in [-0.05, 0) is 36.5 Å². The lowest BCUT2D eigenvalue weighted by Gasteiger charge is -2.16. The monoisotopic (exact) mass is 404 g/mol. The number of carbonyl (C=O) groups is 3. The number of fused-ring (bicyclic) bond motifs is 1. The summed E-state index contributed by atoms with van der Waals surface area (Å²) in [5.41, 5.74) is 2.13. The molecule has 1 saturated heterocycles. The van der Waals surface area contributed by atoms with Crippen LogP contribution in [0.2, 0.25) is 0 Å². The molecule has 0 aliphatic carbocycles. The van der Waals surface area contributed by atoms with Crippen LogP contribution in [0.3, 0.4) is 0 Å². The van der Waals surface area contributed by atoms with E-state index in [1.54, 1.807) is 10.8 Å². The molecule has 0 atom stereocenters. The molecule has 144 valence electrons. The van der Waals surface area contributed by atoms with Gasteiger partial charge in [0.25, 0.3) is 11.8 Å². The molecule has 2 heterocycles. The average molecular weight is 404 g/mol. The summed E-state index contributed by atoms with van der Waals surface area (Å²) < 4.78 is 1.78. The fourth-order valence-electron chi connectivity index (χ4n) is 3.16. The first-order valence-corrected chi connectivity index (χ1v) is 9.23. The first kappa shape index (κ1) is 18.6. The number of amides is 3. The van der Waals surface area contributed by atoms with E-state index in [0.717, 1.165) is 10.9 Å². The summed E-state index contributed by atoms with van der Waals surface area (Å²) in [5.74, 6) is -1.30. The number of benzene rings is 2. The molecule has 1 aliphatic heterocycles. The van der Waals surface area contributed by atoms with Crippen molar-refractivity contribution in [2.45, 2.75) is 6.54 Å². The van der Waals surface area contributed by atoms with E-state index in [0.29, 0.717) is 11.3 Å². The van der Waals surface area contributed by atoms with Crippen LogP contribution in [0.5, 0.6) is 0 Å². The van der Waals surface area contributed by atoms with E-state index >= 15 is 0 Å². The number of nitrogens with one attached hydrogen (secondary N) is 3. The highest BCUT2D eigenvalue weighted by Crippen LogP contribution is 2.24. The second-order valence-electron chi connectivity index (χ2n) is 6.44. The average Bonchev–Trinajstić information content (AvgIpc) is 3.03. The first-order chi connectivity index (χ1) is 14.0. The van der Waals surface area contributed by atoms with Crippen LogP contribution in [0.4, 0.5) is 5.69 Å². The molecule has 3 aromatic rings. The van der Waals surface area contributed by atoms with Crippen molar-refractivity contribution in [1.82, 2.24) is 15.2 Å². The van der Waals surface area contributed by atoms with E-state index in [4.69, 9.17) is 12.2 Å². The highest BCUT2D eigenvalue weighted by molar-refractivity contribution is 7.80. The Kier molecular flexibility index (Phi) is 4.92. The lowest BCUT2D eigenvalue weighted by Crippen LogP contribution is -2.51. The van der Waals surface area contributed by atoms with Crippen molar-refractivity contribution >= 4 is 57.7 Å². The van der Waals surface area contributed by atoms with E-state index in [1.165, 1.54) is 6.08 Å². The summed E-state index contributed by atoms with van der Waals surface area (Å²) in [4.78, 5) is 36.8. The molecule has 3 N–H and O–H groups in total. The predicted octanol–water partition coefficient (Wildman–Crippen LogP) is 2.19. The Morgan fingerprint density at radius 2 is 1.66 bits per heavy atom. The standard InChI is InChI=1S/C21H16N4O3S/c26-18(22-14-6-2-1-3-7-14)12-25-11-13(15-8-4-5-9-17(15)25)10-16-19(27)23-21(29)24-20(16)28/h1-11H,12H2,(H,22,26)(H2,23,24,27,28,29). The third-order valence-electron chi connectivity index (χ3n) is 4.43. The number of anilines is 1. The van der Waals surface area contributed by atoms with Gasteiger partial charge in [-0.3, -0.25) is 25.0 Å². The maximum absolute atomic E-state index is 12.5. The Morgan fingerprint density at radius 3 is 2.38 bits per heavy atom. The number of para-hydroxylation sites is 2. The molecule has 3 amide bonds. The molecule has 29 heavy (non-hydrogen) atoms. The van der Waals surface area contributed by atoms with Crippen LogP contribution in [-0.4, -0.2) is 27.4 Å². The molecule has 8 heteroatoms. The van der Waals surface area contributed by atoms with E-state index < -0.39 is 11.8 Å². The predicted molar refractivity (Wildman–Crippen MR) is 114 cm³/mol. The Bertz CT molecular complexity index is 1160. The molecule has 0 unspecified atom stereocenters. The zero-order valence-corrected chi connectivity index (χ0v) is 16.0. The minimum Gasteiger partial charge on any atom is -0.337 e. The number of rotatable bonds is 4. The minimum absolute atomic E-state index is 0.0165. The zero-order chi connectivity index (χ0) is 20.4. The molecular formula is C21H16N4O3S. The Balaban J connectivity index is 1.66. The van der Waals surface area contributed by atoms with Crippen LogP contribution in [-0.2, 0) is 20.9 Å². The Hall–Kier alpha value is -3.78. The fourth-order valence-corrected chi connectivity index (χ4v) is 3.34. The number of hydrogen-bond donors (Lipinski definition) is 3. The maximum Gasteiger partial charge on any atom is 0.263 e. The first-order valence-electron chi connectivity index (χ1n) is 8.82. The lowest BCUT2D eigenvalue weighted by atomic mass is 10.1. The van der Waals surface area contributed by atoms with E-state index in [2.05, 4.69) is 16.0 Å². The summed E-state index contributed by atoms with van der Waals surface area (Å²) in [6.45, 7) is 0.0844. The van der Waals surface area contributed by atoms with E-state index in [-0.39, 0.29) is 23.1 Å². The Labute approximate surface area is 171 Å². The van der Waals surface area contributed by atoms with Gasteiger partial charge in [0.2, 0.25) is 5.91 Å². The molecule has 0 spiro atoms. The van der Waals surface area contributed by atoms with Gasteiger partial charge in [-0.1, -0.05) is 36.4 Å². The highest BCUT2D eigenvalue weighted by atomic mass is 32.1. The van der Waals surface area contributed by atoms with Crippen molar-refractivity contribution < 1.29 is 14.4 Å². The number of thiocarbonyl (C=S) groups is 1. The van der Waals surface area contributed by atoms with Gasteiger partial charge >= 0.3 is 0 Å².